The highest BCUT2D eigenvalue weighted by molar-refractivity contribution is 5.94. The molecule has 0 saturated heterocycles. The van der Waals surface area contributed by atoms with E-state index in [4.69, 9.17) is 9.47 Å². The quantitative estimate of drug-likeness (QED) is 0.469. The van der Waals surface area contributed by atoms with Gasteiger partial charge in [-0.3, -0.25) is 4.79 Å². The van der Waals surface area contributed by atoms with Crippen molar-refractivity contribution in [1.82, 2.24) is 9.97 Å². The first kappa shape index (κ1) is 23.0. The number of amides is 1. The third-order valence-corrected chi connectivity index (χ3v) is 5.47. The summed E-state index contributed by atoms with van der Waals surface area (Å²) in [6.45, 7) is 4.47. The average molecular weight is 457 g/mol. The Balaban J connectivity index is 1.54. The Kier molecular flexibility index (Phi) is 7.22. The molecule has 3 aromatic rings. The van der Waals surface area contributed by atoms with Gasteiger partial charge in [0.15, 0.2) is 0 Å². The van der Waals surface area contributed by atoms with E-state index in [2.05, 4.69) is 20.6 Å². The van der Waals surface area contributed by atoms with Crippen LogP contribution >= 0.6 is 0 Å². The number of carbonyl (C=O) groups excluding carboxylic acids is 1. The van der Waals surface area contributed by atoms with Gasteiger partial charge in [0.25, 0.3) is 0 Å². The monoisotopic (exact) mass is 456 g/mol. The minimum absolute atomic E-state index is 0.104. The lowest BCUT2D eigenvalue weighted by Gasteiger charge is -2.21. The molecule has 0 aliphatic heterocycles. The van der Waals surface area contributed by atoms with E-state index in [1.165, 1.54) is 0 Å². The van der Waals surface area contributed by atoms with Crippen molar-refractivity contribution in [1.29, 1.82) is 0 Å². The maximum absolute atomic E-state index is 13.0. The second-order valence-corrected chi connectivity index (χ2v) is 7.85. The molecule has 7 nitrogen and oxygen atoms in total. The molecule has 1 aromatic carbocycles. The summed E-state index contributed by atoms with van der Waals surface area (Å²) < 4.78 is 11.8. The van der Waals surface area contributed by atoms with Gasteiger partial charge in [0, 0.05) is 36.8 Å². The predicted molar refractivity (Wildman–Crippen MR) is 134 cm³/mol. The fraction of sp³-hybridized carbons (Fsp3) is 0.222. The molecular formula is C27H28N4O3. The molecule has 0 fully saturated rings. The van der Waals surface area contributed by atoms with E-state index in [-0.39, 0.29) is 11.8 Å². The smallest absolute Gasteiger partial charge is 0.231 e. The topological polar surface area (TPSA) is 85.4 Å². The van der Waals surface area contributed by atoms with E-state index in [9.17, 15) is 4.79 Å². The van der Waals surface area contributed by atoms with Crippen LogP contribution in [0.4, 0.5) is 11.5 Å². The summed E-state index contributed by atoms with van der Waals surface area (Å²) in [5, 5.41) is 6.03. The number of nitrogens with one attached hydrogen (secondary N) is 2. The molecule has 2 N–H and O–H groups in total. The maximum Gasteiger partial charge on any atom is 0.231 e. The van der Waals surface area contributed by atoms with Gasteiger partial charge >= 0.3 is 0 Å². The van der Waals surface area contributed by atoms with Crippen LogP contribution in [-0.2, 0) is 4.79 Å². The molecular weight excluding hydrogens is 428 g/mol. The normalized spacial score (nSPS) is 15.1. The zero-order valence-corrected chi connectivity index (χ0v) is 19.5. The summed E-state index contributed by atoms with van der Waals surface area (Å²) in [6, 6.07) is 15.1. The number of ether oxygens (including phenoxy) is 2. The number of carbonyl (C=O) groups is 1. The van der Waals surface area contributed by atoms with Gasteiger partial charge in [-0.15, -0.1) is 0 Å². The van der Waals surface area contributed by atoms with Crippen molar-refractivity contribution in [2.75, 3.05) is 24.3 Å². The fourth-order valence-corrected chi connectivity index (χ4v) is 3.68. The van der Waals surface area contributed by atoms with Crippen molar-refractivity contribution in [3.8, 4) is 22.8 Å². The Labute approximate surface area is 199 Å². The molecule has 1 amide bonds. The molecule has 0 spiro atoms. The van der Waals surface area contributed by atoms with Crippen LogP contribution in [0, 0.1) is 5.92 Å². The Morgan fingerprint density at radius 3 is 2.82 bits per heavy atom. The molecule has 1 aliphatic carbocycles. The summed E-state index contributed by atoms with van der Waals surface area (Å²) in [6.07, 6.45) is 7.91. The summed E-state index contributed by atoms with van der Waals surface area (Å²) >= 11 is 0. The number of hydrogen-bond donors (Lipinski definition) is 2. The second kappa shape index (κ2) is 10.7. The van der Waals surface area contributed by atoms with Gasteiger partial charge in [0.2, 0.25) is 11.8 Å². The van der Waals surface area contributed by atoms with E-state index in [0.29, 0.717) is 30.4 Å². The Morgan fingerprint density at radius 2 is 2.00 bits per heavy atom. The van der Waals surface area contributed by atoms with Crippen LogP contribution in [0.5, 0.6) is 11.6 Å². The van der Waals surface area contributed by atoms with E-state index in [1.807, 2.05) is 81.6 Å². The molecule has 0 saturated carbocycles. The molecule has 0 bridgehead atoms. The molecule has 0 radical (unpaired) electrons. The van der Waals surface area contributed by atoms with Crippen molar-refractivity contribution >= 4 is 17.4 Å². The maximum atomic E-state index is 13.0. The van der Waals surface area contributed by atoms with Gasteiger partial charge in [-0.25, -0.2) is 9.97 Å². The molecule has 174 valence electrons. The SMILES string of the molecule is CCOc1cccc(NC(=O)C2C=C(Oc3ncccc3-c3ccnc(NC)c3)C(C)=CC2)c1. The highest BCUT2D eigenvalue weighted by atomic mass is 16.5. The molecule has 1 atom stereocenters. The number of pyridine rings is 2. The van der Waals surface area contributed by atoms with Crippen LogP contribution in [-0.4, -0.2) is 29.5 Å². The second-order valence-electron chi connectivity index (χ2n) is 7.85. The molecule has 1 unspecified atom stereocenters. The number of anilines is 2. The zero-order chi connectivity index (χ0) is 23.9. The standard InChI is InChI=1S/C27H28N4O3/c1-4-33-22-8-5-7-21(17-22)31-26(32)20-11-10-18(2)24(15-20)34-27-23(9-6-13-30-27)19-12-14-29-25(16-19)28-3/h5-10,12-17,20H,4,11H2,1-3H3,(H,28,29)(H,31,32). The lowest BCUT2D eigenvalue weighted by atomic mass is 9.95. The van der Waals surface area contributed by atoms with Crippen molar-refractivity contribution in [2.45, 2.75) is 20.3 Å². The molecule has 34 heavy (non-hydrogen) atoms. The van der Waals surface area contributed by atoms with Gasteiger partial charge in [-0.1, -0.05) is 12.1 Å². The summed E-state index contributed by atoms with van der Waals surface area (Å²) in [7, 11) is 1.83. The first-order valence-electron chi connectivity index (χ1n) is 11.3. The minimum atomic E-state index is -0.363. The molecule has 4 rings (SSSR count). The Morgan fingerprint density at radius 1 is 1.12 bits per heavy atom. The van der Waals surface area contributed by atoms with Gasteiger partial charge in [0.1, 0.15) is 17.3 Å². The third kappa shape index (κ3) is 5.43. The van der Waals surface area contributed by atoms with Gasteiger partial charge in [-0.2, -0.15) is 0 Å². The third-order valence-electron chi connectivity index (χ3n) is 5.47. The highest BCUT2D eigenvalue weighted by Gasteiger charge is 2.23. The Bertz CT molecular complexity index is 1240. The van der Waals surface area contributed by atoms with Crippen LogP contribution in [0.2, 0.25) is 0 Å². The molecule has 2 aromatic heterocycles. The van der Waals surface area contributed by atoms with E-state index in [0.717, 1.165) is 28.3 Å². The van der Waals surface area contributed by atoms with Crippen LogP contribution < -0.4 is 20.1 Å². The van der Waals surface area contributed by atoms with Gasteiger partial charge in [0.05, 0.1) is 12.5 Å². The van der Waals surface area contributed by atoms with Crippen molar-refractivity contribution in [3.63, 3.8) is 0 Å². The summed E-state index contributed by atoms with van der Waals surface area (Å²) in [5.41, 5.74) is 3.44. The largest absolute Gasteiger partial charge is 0.494 e. The average Bonchev–Trinajstić information content (AvgIpc) is 2.86. The van der Waals surface area contributed by atoms with Crippen molar-refractivity contribution in [3.05, 3.63) is 84.4 Å². The molecule has 1 aliphatic rings. The fourth-order valence-electron chi connectivity index (χ4n) is 3.68. The van der Waals surface area contributed by atoms with Crippen molar-refractivity contribution < 1.29 is 14.3 Å². The first-order chi connectivity index (χ1) is 16.6. The van der Waals surface area contributed by atoms with E-state index < -0.39 is 0 Å². The number of hydrogen-bond acceptors (Lipinski definition) is 6. The van der Waals surface area contributed by atoms with Crippen molar-refractivity contribution in [2.24, 2.45) is 5.92 Å². The van der Waals surface area contributed by atoms with Crippen LogP contribution in [0.3, 0.4) is 0 Å². The predicted octanol–water partition coefficient (Wildman–Crippen LogP) is 5.45. The zero-order valence-electron chi connectivity index (χ0n) is 19.5. The van der Waals surface area contributed by atoms with Crippen LogP contribution in [0.25, 0.3) is 11.1 Å². The van der Waals surface area contributed by atoms with Gasteiger partial charge < -0.3 is 20.1 Å². The summed E-state index contributed by atoms with van der Waals surface area (Å²) in [4.78, 5) is 21.7. The van der Waals surface area contributed by atoms with Crippen LogP contribution in [0.15, 0.2) is 84.4 Å². The number of benzene rings is 1. The Hall–Kier alpha value is -4.13. The first-order valence-corrected chi connectivity index (χ1v) is 11.3. The number of rotatable bonds is 8. The lowest BCUT2D eigenvalue weighted by molar-refractivity contribution is -0.118. The van der Waals surface area contributed by atoms with E-state index in [1.54, 1.807) is 12.4 Å². The van der Waals surface area contributed by atoms with Gasteiger partial charge in [-0.05, 0) is 73.9 Å². The number of aromatic nitrogens is 2. The minimum Gasteiger partial charge on any atom is -0.494 e. The van der Waals surface area contributed by atoms with E-state index >= 15 is 0 Å². The van der Waals surface area contributed by atoms with Crippen LogP contribution in [0.1, 0.15) is 20.3 Å². The lowest BCUT2D eigenvalue weighted by Crippen LogP contribution is -2.23. The number of allylic oxidation sites excluding steroid dienone is 2. The highest BCUT2D eigenvalue weighted by Crippen LogP contribution is 2.33. The molecule has 7 heteroatoms. The number of nitrogens with zero attached hydrogens (tertiary/aromatic N) is 2. The summed E-state index contributed by atoms with van der Waals surface area (Å²) in [5.74, 6) is 2.10. The molecule has 2 heterocycles.